The van der Waals surface area contributed by atoms with Gasteiger partial charge in [-0.2, -0.15) is 0 Å². The molecule has 20 heavy (non-hydrogen) atoms. The molecule has 0 aliphatic heterocycles. The van der Waals surface area contributed by atoms with Gasteiger partial charge in [-0.1, -0.05) is 0 Å². The maximum Gasteiger partial charge on any atom is 0.140 e. The fourth-order valence-corrected chi connectivity index (χ4v) is 2.17. The lowest BCUT2D eigenvalue weighted by atomic mass is 10.1. The Hall–Kier alpha value is -1.39. The Morgan fingerprint density at radius 3 is 2.70 bits per heavy atom. The first kappa shape index (κ1) is 15.0. The number of aromatic nitrogens is 2. The molecule has 1 N–H and O–H groups in total. The molecule has 4 heteroatoms. The summed E-state index contributed by atoms with van der Waals surface area (Å²) in [5.74, 6) is 0. The third-order valence-corrected chi connectivity index (χ3v) is 3.31. The second kappa shape index (κ2) is 5.94. The molecule has 0 bridgehead atoms. The van der Waals surface area contributed by atoms with Gasteiger partial charge < -0.3 is 14.8 Å². The predicted molar refractivity (Wildman–Crippen MR) is 84.9 cm³/mol. The van der Waals surface area contributed by atoms with Crippen molar-refractivity contribution in [3.8, 4) is 0 Å². The number of likely N-dealkylation sites (N-methyl/N-ethyl adjacent to an activating group) is 1. The third kappa shape index (κ3) is 3.81. The molecular weight excluding hydrogens is 248 g/mol. The number of nitrogens with one attached hydrogen (secondary N) is 1. The topological polar surface area (TPSA) is 33.1 Å². The number of hydrogen-bond acceptors (Lipinski definition) is 3. The molecule has 0 aliphatic carbocycles. The van der Waals surface area contributed by atoms with Crippen molar-refractivity contribution in [1.29, 1.82) is 0 Å². The van der Waals surface area contributed by atoms with Crippen LogP contribution in [0.5, 0.6) is 0 Å². The Bertz CT molecular complexity index is 563. The highest BCUT2D eigenvalue weighted by Gasteiger charge is 2.13. The summed E-state index contributed by atoms with van der Waals surface area (Å²) in [5.41, 5.74) is 2.53. The fourth-order valence-electron chi connectivity index (χ4n) is 2.17. The van der Waals surface area contributed by atoms with Crippen molar-refractivity contribution in [3.05, 3.63) is 30.1 Å². The molecule has 2 heterocycles. The molecule has 0 radical (unpaired) electrons. The van der Waals surface area contributed by atoms with Crippen LogP contribution < -0.4 is 5.32 Å². The number of fused-ring (bicyclic) bond motifs is 1. The molecule has 0 saturated carbocycles. The molecule has 0 aliphatic rings. The van der Waals surface area contributed by atoms with Gasteiger partial charge in [0.15, 0.2) is 0 Å². The molecule has 0 unspecified atom stereocenters. The quantitative estimate of drug-likeness (QED) is 0.909. The maximum absolute atomic E-state index is 4.54. The van der Waals surface area contributed by atoms with Crippen molar-refractivity contribution < 1.29 is 0 Å². The fraction of sp³-hybridized carbons (Fsp3) is 0.562. The summed E-state index contributed by atoms with van der Waals surface area (Å²) >= 11 is 0. The van der Waals surface area contributed by atoms with E-state index in [4.69, 9.17) is 0 Å². The van der Waals surface area contributed by atoms with Gasteiger partial charge in [0, 0.05) is 43.0 Å². The lowest BCUT2D eigenvalue weighted by Gasteiger charge is -2.20. The average molecular weight is 274 g/mol. The minimum atomic E-state index is 0.125. The van der Waals surface area contributed by atoms with Crippen LogP contribution in [0, 0.1) is 0 Å². The van der Waals surface area contributed by atoms with Gasteiger partial charge in [-0.05, 0) is 52.6 Å². The van der Waals surface area contributed by atoms with E-state index < -0.39 is 0 Å². The summed E-state index contributed by atoms with van der Waals surface area (Å²) in [6.07, 6.45) is 4.11. The zero-order valence-electron chi connectivity index (χ0n) is 13.3. The SMILES string of the molecule is CN(C)CCn1cc(CNC(C)(C)C)c2cccnc21. The van der Waals surface area contributed by atoms with Crippen molar-refractivity contribution in [2.75, 3.05) is 20.6 Å². The number of rotatable bonds is 5. The van der Waals surface area contributed by atoms with E-state index in [2.05, 4.69) is 66.9 Å². The first-order valence-corrected chi connectivity index (χ1v) is 7.19. The van der Waals surface area contributed by atoms with Crippen LogP contribution in [0.15, 0.2) is 24.5 Å². The van der Waals surface area contributed by atoms with E-state index in [0.29, 0.717) is 0 Å². The van der Waals surface area contributed by atoms with E-state index >= 15 is 0 Å². The highest BCUT2D eigenvalue weighted by atomic mass is 15.1. The molecule has 110 valence electrons. The summed E-state index contributed by atoms with van der Waals surface area (Å²) in [7, 11) is 4.20. The summed E-state index contributed by atoms with van der Waals surface area (Å²) in [4.78, 5) is 6.74. The Kier molecular flexibility index (Phi) is 4.45. The van der Waals surface area contributed by atoms with Gasteiger partial charge in [0.05, 0.1) is 0 Å². The molecule has 2 rings (SSSR count). The molecular formula is C16H26N4. The minimum Gasteiger partial charge on any atom is -0.331 e. The van der Waals surface area contributed by atoms with Gasteiger partial charge in [0.2, 0.25) is 0 Å². The molecule has 0 fully saturated rings. The summed E-state index contributed by atoms with van der Waals surface area (Å²) in [5, 5.41) is 4.81. The molecule has 0 saturated heterocycles. The van der Waals surface area contributed by atoms with Gasteiger partial charge in [-0.25, -0.2) is 4.98 Å². The van der Waals surface area contributed by atoms with Crippen LogP contribution in [0.4, 0.5) is 0 Å². The van der Waals surface area contributed by atoms with Gasteiger partial charge in [0.25, 0.3) is 0 Å². The van der Waals surface area contributed by atoms with E-state index in [1.807, 2.05) is 12.3 Å². The second-order valence-electron chi connectivity index (χ2n) is 6.63. The number of hydrogen-bond donors (Lipinski definition) is 1. The zero-order valence-corrected chi connectivity index (χ0v) is 13.3. The minimum absolute atomic E-state index is 0.125. The van der Waals surface area contributed by atoms with Crippen LogP contribution in [-0.2, 0) is 13.1 Å². The van der Waals surface area contributed by atoms with Crippen LogP contribution in [0.25, 0.3) is 11.0 Å². The largest absolute Gasteiger partial charge is 0.331 e. The van der Waals surface area contributed by atoms with Crippen molar-refractivity contribution in [2.45, 2.75) is 39.4 Å². The van der Waals surface area contributed by atoms with E-state index in [9.17, 15) is 0 Å². The van der Waals surface area contributed by atoms with Crippen LogP contribution in [0.1, 0.15) is 26.3 Å². The Balaban J connectivity index is 2.26. The summed E-state index contributed by atoms with van der Waals surface area (Å²) < 4.78 is 2.26. The number of pyridine rings is 1. The van der Waals surface area contributed by atoms with E-state index in [1.54, 1.807) is 0 Å². The van der Waals surface area contributed by atoms with Gasteiger partial charge in [-0.15, -0.1) is 0 Å². The molecule has 2 aromatic rings. The monoisotopic (exact) mass is 274 g/mol. The Labute approximate surface area is 121 Å². The highest BCUT2D eigenvalue weighted by molar-refractivity contribution is 5.80. The average Bonchev–Trinajstić information content (AvgIpc) is 2.71. The zero-order chi connectivity index (χ0) is 14.8. The van der Waals surface area contributed by atoms with Gasteiger partial charge in [0.1, 0.15) is 5.65 Å². The van der Waals surface area contributed by atoms with Crippen molar-refractivity contribution >= 4 is 11.0 Å². The standard InChI is InChI=1S/C16H26N4/c1-16(2,3)18-11-13-12-20(10-9-19(4)5)15-14(13)7-6-8-17-15/h6-8,12,18H,9-11H2,1-5H3. The van der Waals surface area contributed by atoms with Crippen LogP contribution in [-0.4, -0.2) is 40.6 Å². The normalized spacial score (nSPS) is 12.5. The van der Waals surface area contributed by atoms with Crippen molar-refractivity contribution in [1.82, 2.24) is 19.8 Å². The predicted octanol–water partition coefficient (Wildman–Crippen LogP) is 2.49. The van der Waals surface area contributed by atoms with Crippen LogP contribution in [0.2, 0.25) is 0 Å². The van der Waals surface area contributed by atoms with Crippen LogP contribution >= 0.6 is 0 Å². The third-order valence-electron chi connectivity index (χ3n) is 3.31. The highest BCUT2D eigenvalue weighted by Crippen LogP contribution is 2.20. The summed E-state index contributed by atoms with van der Waals surface area (Å²) in [6, 6.07) is 4.17. The molecule has 0 amide bonds. The second-order valence-corrected chi connectivity index (χ2v) is 6.63. The maximum atomic E-state index is 4.54. The first-order chi connectivity index (χ1) is 9.37. The van der Waals surface area contributed by atoms with E-state index in [-0.39, 0.29) is 5.54 Å². The Morgan fingerprint density at radius 1 is 1.30 bits per heavy atom. The summed E-state index contributed by atoms with van der Waals surface area (Å²) in [6.45, 7) is 9.44. The van der Waals surface area contributed by atoms with Gasteiger partial charge >= 0.3 is 0 Å². The van der Waals surface area contributed by atoms with E-state index in [1.165, 1.54) is 10.9 Å². The lowest BCUT2D eigenvalue weighted by molar-refractivity contribution is 0.386. The molecule has 2 aromatic heterocycles. The number of nitrogens with zero attached hydrogens (tertiary/aromatic N) is 3. The van der Waals surface area contributed by atoms with Gasteiger partial charge in [-0.3, -0.25) is 0 Å². The van der Waals surface area contributed by atoms with Crippen molar-refractivity contribution in [3.63, 3.8) is 0 Å². The molecule has 0 atom stereocenters. The molecule has 0 spiro atoms. The first-order valence-electron chi connectivity index (χ1n) is 7.19. The van der Waals surface area contributed by atoms with E-state index in [0.717, 1.165) is 25.3 Å². The Morgan fingerprint density at radius 2 is 2.05 bits per heavy atom. The molecule has 4 nitrogen and oxygen atoms in total. The smallest absolute Gasteiger partial charge is 0.140 e. The lowest BCUT2D eigenvalue weighted by Crippen LogP contribution is -2.35. The van der Waals surface area contributed by atoms with Crippen molar-refractivity contribution in [2.24, 2.45) is 0 Å². The molecule has 0 aromatic carbocycles. The van der Waals surface area contributed by atoms with Crippen LogP contribution in [0.3, 0.4) is 0 Å².